The minimum atomic E-state index is 0.141. The van der Waals surface area contributed by atoms with Gasteiger partial charge in [0.2, 0.25) is 5.91 Å². The molecule has 1 saturated heterocycles. The second-order valence-electron chi connectivity index (χ2n) is 5.87. The van der Waals surface area contributed by atoms with E-state index in [2.05, 4.69) is 15.1 Å². The van der Waals surface area contributed by atoms with Gasteiger partial charge in [0.1, 0.15) is 5.82 Å². The van der Waals surface area contributed by atoms with Crippen molar-refractivity contribution in [1.29, 1.82) is 0 Å². The SMILES string of the molecule is CC(=O)N1CCCC(c2cc(-c3ccnn3C)nc(C)n2)C1. The van der Waals surface area contributed by atoms with Crippen molar-refractivity contribution < 1.29 is 4.79 Å². The zero-order valence-electron chi connectivity index (χ0n) is 13.3. The smallest absolute Gasteiger partial charge is 0.219 e. The normalized spacial score (nSPS) is 18.5. The molecule has 0 bridgehead atoms. The van der Waals surface area contributed by atoms with Crippen molar-refractivity contribution in [1.82, 2.24) is 24.6 Å². The maximum atomic E-state index is 11.6. The first-order valence-electron chi connectivity index (χ1n) is 7.64. The third-order valence-corrected chi connectivity index (χ3v) is 4.23. The summed E-state index contributed by atoms with van der Waals surface area (Å²) in [6.07, 6.45) is 3.85. The Morgan fingerprint density at radius 2 is 2.18 bits per heavy atom. The molecule has 0 saturated carbocycles. The van der Waals surface area contributed by atoms with E-state index in [9.17, 15) is 4.79 Å². The van der Waals surface area contributed by atoms with Gasteiger partial charge in [0.15, 0.2) is 0 Å². The third kappa shape index (κ3) is 2.86. The molecule has 1 fully saturated rings. The molecule has 3 heterocycles. The van der Waals surface area contributed by atoms with Crippen LogP contribution in [0.3, 0.4) is 0 Å². The van der Waals surface area contributed by atoms with E-state index in [-0.39, 0.29) is 11.8 Å². The summed E-state index contributed by atoms with van der Waals surface area (Å²) in [5, 5.41) is 4.20. The molecule has 116 valence electrons. The van der Waals surface area contributed by atoms with Crippen LogP contribution >= 0.6 is 0 Å². The molecule has 2 aromatic rings. The van der Waals surface area contributed by atoms with Crippen molar-refractivity contribution in [3.63, 3.8) is 0 Å². The molecule has 0 aromatic carbocycles. The van der Waals surface area contributed by atoms with E-state index in [4.69, 9.17) is 0 Å². The van der Waals surface area contributed by atoms with Crippen LogP contribution in [0.25, 0.3) is 11.4 Å². The molecule has 0 spiro atoms. The summed E-state index contributed by atoms with van der Waals surface area (Å²) in [5.74, 6) is 1.18. The first kappa shape index (κ1) is 14.7. The molecule has 0 N–H and O–H groups in total. The fourth-order valence-corrected chi connectivity index (χ4v) is 3.06. The molecule has 1 aliphatic heterocycles. The van der Waals surface area contributed by atoms with Crippen LogP contribution in [0.1, 0.15) is 37.2 Å². The van der Waals surface area contributed by atoms with Gasteiger partial charge in [0, 0.05) is 44.9 Å². The number of carbonyl (C=O) groups is 1. The highest BCUT2D eigenvalue weighted by Crippen LogP contribution is 2.28. The largest absolute Gasteiger partial charge is 0.342 e. The Balaban J connectivity index is 1.93. The maximum Gasteiger partial charge on any atom is 0.219 e. The lowest BCUT2D eigenvalue weighted by atomic mass is 9.94. The summed E-state index contributed by atoms with van der Waals surface area (Å²) < 4.78 is 1.81. The standard InChI is InChI=1S/C16H21N5O/c1-11-18-14(13-5-4-8-21(10-13)12(2)22)9-15(19-11)16-6-7-17-20(16)3/h6-7,9,13H,4-5,8,10H2,1-3H3. The molecule has 0 aliphatic carbocycles. The molecule has 1 amide bonds. The summed E-state index contributed by atoms with van der Waals surface area (Å²) >= 11 is 0. The van der Waals surface area contributed by atoms with Gasteiger partial charge < -0.3 is 4.90 Å². The average molecular weight is 299 g/mol. The van der Waals surface area contributed by atoms with Gasteiger partial charge in [-0.1, -0.05) is 0 Å². The van der Waals surface area contributed by atoms with Crippen LogP contribution in [0.5, 0.6) is 0 Å². The molecule has 6 nitrogen and oxygen atoms in total. The summed E-state index contributed by atoms with van der Waals surface area (Å²) in [6, 6.07) is 3.99. The Kier molecular flexibility index (Phi) is 3.92. The highest BCUT2D eigenvalue weighted by Gasteiger charge is 2.24. The molecule has 6 heteroatoms. The minimum absolute atomic E-state index is 0.141. The number of rotatable bonds is 2. The van der Waals surface area contributed by atoms with E-state index in [0.29, 0.717) is 0 Å². The van der Waals surface area contributed by atoms with Crippen molar-refractivity contribution in [2.45, 2.75) is 32.6 Å². The highest BCUT2D eigenvalue weighted by atomic mass is 16.2. The van der Waals surface area contributed by atoms with Gasteiger partial charge in [0.05, 0.1) is 11.4 Å². The van der Waals surface area contributed by atoms with Crippen LogP contribution < -0.4 is 0 Å². The van der Waals surface area contributed by atoms with Crippen LogP contribution in [0.4, 0.5) is 0 Å². The lowest BCUT2D eigenvalue weighted by molar-refractivity contribution is -0.130. The van der Waals surface area contributed by atoms with Gasteiger partial charge in [-0.15, -0.1) is 0 Å². The number of likely N-dealkylation sites (tertiary alicyclic amines) is 1. The second kappa shape index (κ2) is 5.87. The number of carbonyl (C=O) groups excluding carboxylic acids is 1. The Morgan fingerprint density at radius 3 is 2.86 bits per heavy atom. The number of amides is 1. The van der Waals surface area contributed by atoms with E-state index < -0.39 is 0 Å². The summed E-state index contributed by atoms with van der Waals surface area (Å²) in [6.45, 7) is 5.14. The van der Waals surface area contributed by atoms with Crippen molar-refractivity contribution in [3.05, 3.63) is 29.8 Å². The Morgan fingerprint density at radius 1 is 1.36 bits per heavy atom. The minimum Gasteiger partial charge on any atom is -0.342 e. The Hall–Kier alpha value is -2.24. The summed E-state index contributed by atoms with van der Waals surface area (Å²) in [4.78, 5) is 22.7. The van der Waals surface area contributed by atoms with E-state index in [1.807, 2.05) is 35.7 Å². The molecular weight excluding hydrogens is 278 g/mol. The molecule has 1 atom stereocenters. The molecular formula is C16H21N5O. The van der Waals surface area contributed by atoms with Gasteiger partial charge in [-0.25, -0.2) is 9.97 Å². The van der Waals surface area contributed by atoms with Crippen molar-refractivity contribution in [2.75, 3.05) is 13.1 Å². The monoisotopic (exact) mass is 299 g/mol. The Bertz CT molecular complexity index is 694. The lowest BCUT2D eigenvalue weighted by Gasteiger charge is -2.31. The number of hydrogen-bond donors (Lipinski definition) is 0. The number of piperidine rings is 1. The molecule has 2 aromatic heterocycles. The predicted molar refractivity (Wildman–Crippen MR) is 83.2 cm³/mol. The van der Waals surface area contributed by atoms with E-state index in [1.54, 1.807) is 13.1 Å². The lowest BCUT2D eigenvalue weighted by Crippen LogP contribution is -2.37. The fraction of sp³-hybridized carbons (Fsp3) is 0.500. The van der Waals surface area contributed by atoms with Gasteiger partial charge in [0.25, 0.3) is 0 Å². The summed E-state index contributed by atoms with van der Waals surface area (Å²) in [5.41, 5.74) is 2.89. The predicted octanol–water partition coefficient (Wildman–Crippen LogP) is 1.91. The molecule has 22 heavy (non-hydrogen) atoms. The van der Waals surface area contributed by atoms with Gasteiger partial charge in [-0.3, -0.25) is 9.48 Å². The number of hydrogen-bond acceptors (Lipinski definition) is 4. The maximum absolute atomic E-state index is 11.6. The third-order valence-electron chi connectivity index (χ3n) is 4.23. The van der Waals surface area contributed by atoms with E-state index in [0.717, 1.165) is 48.8 Å². The molecule has 0 radical (unpaired) electrons. The van der Waals surface area contributed by atoms with Gasteiger partial charge >= 0.3 is 0 Å². The van der Waals surface area contributed by atoms with Crippen molar-refractivity contribution in [2.24, 2.45) is 7.05 Å². The number of aryl methyl sites for hydroxylation is 2. The first-order chi connectivity index (χ1) is 10.5. The average Bonchev–Trinajstić information content (AvgIpc) is 2.93. The van der Waals surface area contributed by atoms with Crippen LogP contribution in [0.2, 0.25) is 0 Å². The number of nitrogens with zero attached hydrogens (tertiary/aromatic N) is 5. The van der Waals surface area contributed by atoms with Crippen LogP contribution in [0, 0.1) is 6.92 Å². The zero-order chi connectivity index (χ0) is 15.7. The van der Waals surface area contributed by atoms with Crippen LogP contribution in [-0.2, 0) is 11.8 Å². The summed E-state index contributed by atoms with van der Waals surface area (Å²) in [7, 11) is 1.91. The topological polar surface area (TPSA) is 63.9 Å². The second-order valence-corrected chi connectivity index (χ2v) is 5.87. The van der Waals surface area contributed by atoms with Gasteiger partial charge in [-0.05, 0) is 31.9 Å². The van der Waals surface area contributed by atoms with Gasteiger partial charge in [-0.2, -0.15) is 5.10 Å². The Labute approximate surface area is 130 Å². The zero-order valence-corrected chi connectivity index (χ0v) is 13.3. The highest BCUT2D eigenvalue weighted by molar-refractivity contribution is 5.73. The van der Waals surface area contributed by atoms with E-state index >= 15 is 0 Å². The molecule has 1 aliphatic rings. The molecule has 3 rings (SSSR count). The van der Waals surface area contributed by atoms with Crippen LogP contribution in [-0.4, -0.2) is 43.6 Å². The number of aromatic nitrogens is 4. The molecule has 1 unspecified atom stereocenters. The van der Waals surface area contributed by atoms with Crippen molar-refractivity contribution >= 4 is 5.91 Å². The van der Waals surface area contributed by atoms with Crippen molar-refractivity contribution in [3.8, 4) is 11.4 Å². The van der Waals surface area contributed by atoms with E-state index in [1.165, 1.54) is 0 Å². The first-order valence-corrected chi connectivity index (χ1v) is 7.64. The fourth-order valence-electron chi connectivity index (χ4n) is 3.06. The quantitative estimate of drug-likeness (QED) is 0.850. The van der Waals surface area contributed by atoms with Crippen LogP contribution in [0.15, 0.2) is 18.3 Å².